The van der Waals surface area contributed by atoms with Crippen LogP contribution in [0.4, 0.5) is 20.4 Å². The van der Waals surface area contributed by atoms with Crippen molar-refractivity contribution >= 4 is 106 Å². The summed E-state index contributed by atoms with van der Waals surface area (Å²) in [7, 11) is 0. The maximum atomic E-state index is 13.9. The lowest BCUT2D eigenvalue weighted by Gasteiger charge is -2.06. The zero-order valence-corrected chi connectivity index (χ0v) is 38.0. The number of halogens is 4. The third-order valence-corrected chi connectivity index (χ3v) is 11.9. The number of hydrogen-bond acceptors (Lipinski definition) is 16. The van der Waals surface area contributed by atoms with Crippen molar-refractivity contribution in [2.45, 2.75) is 39.8 Å². The minimum absolute atomic E-state index is 0. The van der Waals surface area contributed by atoms with Crippen LogP contribution in [0.5, 0.6) is 0 Å². The number of aromatic nitrogens is 12. The molecule has 0 spiro atoms. The summed E-state index contributed by atoms with van der Waals surface area (Å²) in [5.74, 6) is 1.96. The summed E-state index contributed by atoms with van der Waals surface area (Å²) in [6, 6.07) is 21.7. The number of fused-ring (bicyclic) bond motifs is 4. The molecule has 0 unspecified atom stereocenters. The van der Waals surface area contributed by atoms with Crippen molar-refractivity contribution in [1.29, 1.82) is 0 Å². The molecule has 0 radical (unpaired) electrons. The lowest BCUT2D eigenvalue weighted by Crippen LogP contribution is -2.20. The molecule has 67 heavy (non-hydrogen) atoms. The number of hydrogen-bond donors (Lipinski definition) is 6. The second-order valence-corrected chi connectivity index (χ2v) is 16.9. The van der Waals surface area contributed by atoms with E-state index in [2.05, 4.69) is 82.3 Å². The molecule has 0 aliphatic rings. The van der Waals surface area contributed by atoms with Crippen molar-refractivity contribution in [3.63, 3.8) is 0 Å². The molecule has 0 amide bonds. The Morgan fingerprint density at radius 2 is 1.15 bits per heavy atom. The summed E-state index contributed by atoms with van der Waals surface area (Å²) < 4.78 is 27.5. The Bertz CT molecular complexity index is 3160. The second-order valence-electron chi connectivity index (χ2n) is 14.1. The van der Waals surface area contributed by atoms with Gasteiger partial charge in [-0.3, -0.25) is 9.97 Å². The highest BCUT2D eigenvalue weighted by molar-refractivity contribution is 7.18. The fraction of sp³-hybridized carbons (Fsp3) is 0.200. The molecule has 10 rings (SSSR count). The zero-order valence-electron chi connectivity index (χ0n) is 34.9. The summed E-state index contributed by atoms with van der Waals surface area (Å²) in [5.41, 5.74) is 11.4. The molecule has 7 N–H and O–H groups in total. The smallest absolute Gasteiger partial charge is 0.225 e. The zero-order chi connectivity index (χ0) is 45.8. The Hall–Kier alpha value is -6.68. The topological polar surface area (TPSA) is 223 Å². The van der Waals surface area contributed by atoms with Crippen LogP contribution in [-0.2, 0) is 32.4 Å². The average molecular weight is 982 g/mol. The van der Waals surface area contributed by atoms with Gasteiger partial charge in [-0.1, -0.05) is 60.9 Å². The number of imidazole rings is 2. The van der Waals surface area contributed by atoms with Gasteiger partial charge >= 0.3 is 0 Å². The monoisotopic (exact) mass is 980 g/mol. The Labute approximate surface area is 401 Å². The predicted octanol–water partition coefficient (Wildman–Crippen LogP) is 9.37. The van der Waals surface area contributed by atoms with E-state index in [0.29, 0.717) is 56.7 Å². The van der Waals surface area contributed by atoms with Crippen molar-refractivity contribution in [2.24, 2.45) is 5.73 Å². The number of para-hydroxylation sites is 4. The van der Waals surface area contributed by atoms with Gasteiger partial charge in [-0.25, -0.2) is 38.7 Å². The van der Waals surface area contributed by atoms with E-state index in [-0.39, 0.29) is 42.7 Å². The number of nitrogens with two attached hydrogens (primary N) is 1. The van der Waals surface area contributed by atoms with Gasteiger partial charge in [0.2, 0.25) is 10.6 Å². The quantitative estimate of drug-likeness (QED) is 0.0416. The maximum absolute atomic E-state index is 13.9. The van der Waals surface area contributed by atoms with Crippen LogP contribution in [0.15, 0.2) is 91.8 Å². The number of pyridine rings is 2. The van der Waals surface area contributed by atoms with Gasteiger partial charge in [0.1, 0.15) is 34.3 Å². The van der Waals surface area contributed by atoms with Crippen LogP contribution in [0.3, 0.4) is 0 Å². The van der Waals surface area contributed by atoms with E-state index in [1.165, 1.54) is 47.1 Å². The van der Waals surface area contributed by atoms with Gasteiger partial charge in [0.25, 0.3) is 0 Å². The van der Waals surface area contributed by atoms with Crippen molar-refractivity contribution in [2.75, 3.05) is 30.3 Å². The Kier molecular flexibility index (Phi) is 16.7. The van der Waals surface area contributed by atoms with Gasteiger partial charge in [0.15, 0.2) is 21.3 Å². The van der Waals surface area contributed by atoms with Crippen molar-refractivity contribution in [3.8, 4) is 0 Å². The standard InChI is InChI=1S/C22H20ClFN8S.C13H12ClFN6S.C9H8N2.CH4/c23-22-31-20(27-12-16-13(24)4-3-9-26-16)19-21(32-22)33-18(30-19)8-11-25-10-7-17-28-14-5-1-2-6-15(14)29-17;14-13-20-11(18-6-8-7(15)2-1-5-17-8)10-12(21-13)22-9(19-10)3-4-16;1-2-9-10-7-5-3-4-6-8(7)11-9;/h1-6,9,25H,7-8,10-12H2,(H,28,29)(H,27,31,32);1-2,5H,3-4,6,16H2,(H,18,20,21);2-6H,1H2,(H,10,11);1H4. The normalized spacial score (nSPS) is 10.9. The van der Waals surface area contributed by atoms with Crippen LogP contribution >= 0.6 is 45.9 Å². The van der Waals surface area contributed by atoms with Gasteiger partial charge < -0.3 is 31.7 Å². The van der Waals surface area contributed by atoms with Gasteiger partial charge in [0, 0.05) is 44.7 Å². The predicted molar refractivity (Wildman–Crippen MR) is 266 cm³/mol. The molecule has 0 fully saturated rings. The molecule has 0 saturated heterocycles. The van der Waals surface area contributed by atoms with Gasteiger partial charge in [-0.05, 0) is 84.4 Å². The maximum Gasteiger partial charge on any atom is 0.225 e. The Morgan fingerprint density at radius 3 is 1.67 bits per heavy atom. The van der Waals surface area contributed by atoms with E-state index in [0.717, 1.165) is 69.7 Å². The molecule has 2 aromatic carbocycles. The summed E-state index contributed by atoms with van der Waals surface area (Å²) in [5, 5.41) is 11.5. The molecule has 0 bridgehead atoms. The molecule has 8 aromatic heterocycles. The minimum atomic E-state index is -0.381. The number of rotatable bonds is 15. The highest BCUT2D eigenvalue weighted by Gasteiger charge is 2.16. The molecule has 16 nitrogen and oxygen atoms in total. The van der Waals surface area contributed by atoms with E-state index < -0.39 is 0 Å². The molecule has 0 saturated carbocycles. The van der Waals surface area contributed by atoms with Crippen molar-refractivity contribution in [3.05, 3.63) is 147 Å². The molecule has 0 atom stereocenters. The molecule has 0 aliphatic carbocycles. The second kappa shape index (κ2) is 23.2. The fourth-order valence-electron chi connectivity index (χ4n) is 6.41. The summed E-state index contributed by atoms with van der Waals surface area (Å²) in [6.45, 7) is 6.06. The van der Waals surface area contributed by atoms with Crippen LogP contribution in [-0.4, -0.2) is 79.4 Å². The van der Waals surface area contributed by atoms with Crippen LogP contribution in [0.25, 0.3) is 48.8 Å². The number of anilines is 2. The number of aromatic amines is 2. The lowest BCUT2D eigenvalue weighted by atomic mass is 10.3. The largest absolute Gasteiger partial charge is 0.362 e. The highest BCUT2D eigenvalue weighted by atomic mass is 35.5. The summed E-state index contributed by atoms with van der Waals surface area (Å²) >= 11 is 14.9. The Balaban J connectivity index is 0.000000168. The van der Waals surface area contributed by atoms with E-state index in [1.807, 2.05) is 48.5 Å². The molecular weight excluding hydrogens is 938 g/mol. The molecule has 22 heteroatoms. The summed E-state index contributed by atoms with van der Waals surface area (Å²) in [4.78, 5) is 50.6. The van der Waals surface area contributed by atoms with Crippen LogP contribution < -0.4 is 21.7 Å². The van der Waals surface area contributed by atoms with E-state index in [4.69, 9.17) is 28.9 Å². The number of nitrogens with one attached hydrogen (secondary N) is 5. The van der Waals surface area contributed by atoms with Crippen LogP contribution in [0.1, 0.15) is 40.5 Å². The van der Waals surface area contributed by atoms with Gasteiger partial charge in [-0.15, -0.1) is 0 Å². The van der Waals surface area contributed by atoms with Crippen molar-refractivity contribution < 1.29 is 8.78 Å². The SMILES string of the molecule is C.C=Cc1nc2ccccc2[nH]1.Fc1cccnc1CNc1nc(Cl)nc2sc(CCNCCc3nc4ccccc4[nH]3)nc12.NCCc1nc2c(NCc3ncccc3F)nc(Cl)nc2s1. The summed E-state index contributed by atoms with van der Waals surface area (Å²) in [6.07, 6.45) is 7.00. The highest BCUT2D eigenvalue weighted by Crippen LogP contribution is 2.29. The fourth-order valence-corrected chi connectivity index (χ4v) is 8.74. The molecule has 8 heterocycles. The third kappa shape index (κ3) is 12.6. The number of nitrogens with zero attached hydrogens (tertiary/aromatic N) is 10. The molecule has 10 aromatic rings. The average Bonchev–Trinajstić information content (AvgIpc) is 4.13. The first kappa shape index (κ1) is 48.3. The number of H-pyrrole nitrogens is 2. The Morgan fingerprint density at radius 1 is 0.627 bits per heavy atom. The minimum Gasteiger partial charge on any atom is -0.362 e. The first-order valence-electron chi connectivity index (χ1n) is 20.5. The van der Waals surface area contributed by atoms with Crippen molar-refractivity contribution in [1.82, 2.24) is 65.1 Å². The van der Waals surface area contributed by atoms with Crippen LogP contribution in [0.2, 0.25) is 10.6 Å². The molecule has 0 aliphatic heterocycles. The molecular formula is C45H44Cl2F2N16S2. The first-order valence-corrected chi connectivity index (χ1v) is 22.9. The van der Waals surface area contributed by atoms with Gasteiger partial charge in [-0.2, -0.15) is 9.97 Å². The number of benzene rings is 2. The van der Waals surface area contributed by atoms with E-state index >= 15 is 0 Å². The lowest BCUT2D eigenvalue weighted by molar-refractivity contribution is 0.602. The first-order chi connectivity index (χ1) is 32.2. The van der Waals surface area contributed by atoms with Crippen LogP contribution in [0, 0.1) is 11.6 Å². The van der Waals surface area contributed by atoms with E-state index in [1.54, 1.807) is 18.3 Å². The third-order valence-electron chi connectivity index (χ3n) is 9.52. The molecule has 344 valence electrons. The van der Waals surface area contributed by atoms with Gasteiger partial charge in [0.05, 0.1) is 56.6 Å². The van der Waals surface area contributed by atoms with E-state index in [9.17, 15) is 8.78 Å². The number of thiazole rings is 2.